The van der Waals surface area contributed by atoms with Crippen LogP contribution >= 0.6 is 0 Å². The highest BCUT2D eigenvalue weighted by molar-refractivity contribution is 6.16. The van der Waals surface area contributed by atoms with Crippen LogP contribution in [0.25, 0.3) is 94.3 Å². The molecule has 2 nitrogen and oxygen atoms in total. The molecule has 2 heteroatoms. The zero-order chi connectivity index (χ0) is 45.2. The third kappa shape index (κ3) is 7.35. The van der Waals surface area contributed by atoms with E-state index in [4.69, 9.17) is 0 Å². The van der Waals surface area contributed by atoms with E-state index in [1.165, 1.54) is 71.9 Å². The van der Waals surface area contributed by atoms with Crippen LogP contribution in [0.1, 0.15) is 0 Å². The number of hydrogen-bond acceptors (Lipinski definition) is 1. The Morgan fingerprint density at radius 2 is 0.721 bits per heavy atom. The maximum Gasteiger partial charge on any atom is 0.0547 e. The second-order valence-electron chi connectivity index (χ2n) is 17.2. The van der Waals surface area contributed by atoms with Crippen molar-refractivity contribution in [2.45, 2.75) is 0 Å². The molecule has 0 aliphatic heterocycles. The fourth-order valence-electron chi connectivity index (χ4n) is 10.2. The average molecular weight is 867 g/mol. The van der Waals surface area contributed by atoms with Crippen LogP contribution in [0.15, 0.2) is 279 Å². The molecular weight excluding hydrogens is 821 g/mol. The van der Waals surface area contributed by atoms with E-state index in [9.17, 15) is 0 Å². The molecule has 0 spiro atoms. The molecule has 0 bridgehead atoms. The molecule has 0 aliphatic rings. The minimum atomic E-state index is 1.07. The zero-order valence-corrected chi connectivity index (χ0v) is 37.5. The maximum absolute atomic E-state index is 2.43. The van der Waals surface area contributed by atoms with Crippen LogP contribution in [-0.4, -0.2) is 4.57 Å². The summed E-state index contributed by atoms with van der Waals surface area (Å²) in [6.07, 6.45) is 0. The van der Waals surface area contributed by atoms with E-state index in [0.29, 0.717) is 0 Å². The van der Waals surface area contributed by atoms with Crippen LogP contribution < -0.4 is 4.90 Å². The lowest BCUT2D eigenvalue weighted by molar-refractivity contribution is 1.18. The van der Waals surface area contributed by atoms with Crippen molar-refractivity contribution in [3.05, 3.63) is 279 Å². The van der Waals surface area contributed by atoms with E-state index in [0.717, 1.165) is 39.4 Å². The minimum Gasteiger partial charge on any atom is -0.310 e. The largest absolute Gasteiger partial charge is 0.310 e. The van der Waals surface area contributed by atoms with Crippen molar-refractivity contribution < 1.29 is 0 Å². The van der Waals surface area contributed by atoms with E-state index < -0.39 is 0 Å². The fourth-order valence-corrected chi connectivity index (χ4v) is 10.2. The van der Waals surface area contributed by atoms with Crippen molar-refractivity contribution in [3.63, 3.8) is 0 Å². The Kier molecular flexibility index (Phi) is 10.6. The Hall–Kier alpha value is -8.98. The number of aromatic nitrogens is 1. The van der Waals surface area contributed by atoms with Crippen LogP contribution in [0.5, 0.6) is 0 Å². The third-order valence-electron chi connectivity index (χ3n) is 13.2. The van der Waals surface area contributed by atoms with E-state index in [1.807, 2.05) is 0 Å². The van der Waals surface area contributed by atoms with Crippen molar-refractivity contribution in [3.8, 4) is 72.4 Å². The van der Waals surface area contributed by atoms with Gasteiger partial charge in [-0.05, 0) is 116 Å². The summed E-state index contributed by atoms with van der Waals surface area (Å²) >= 11 is 0. The molecule has 0 saturated carbocycles. The predicted octanol–water partition coefficient (Wildman–Crippen LogP) is 18.3. The highest BCUT2D eigenvalue weighted by atomic mass is 15.1. The van der Waals surface area contributed by atoms with E-state index in [-0.39, 0.29) is 0 Å². The van der Waals surface area contributed by atoms with Gasteiger partial charge in [0.05, 0.1) is 16.7 Å². The molecule has 0 radical (unpaired) electrons. The molecule has 0 amide bonds. The Balaban J connectivity index is 1.03. The lowest BCUT2D eigenvalue weighted by Crippen LogP contribution is -2.11. The van der Waals surface area contributed by atoms with Gasteiger partial charge in [-0.2, -0.15) is 0 Å². The van der Waals surface area contributed by atoms with Gasteiger partial charge in [0, 0.05) is 33.4 Å². The van der Waals surface area contributed by atoms with Gasteiger partial charge in [0.1, 0.15) is 0 Å². The van der Waals surface area contributed by atoms with Gasteiger partial charge >= 0.3 is 0 Å². The molecule has 11 aromatic carbocycles. The molecule has 0 fully saturated rings. The fraction of sp³-hybridized carbons (Fsp3) is 0. The van der Waals surface area contributed by atoms with Gasteiger partial charge in [-0.25, -0.2) is 0 Å². The molecule has 1 heterocycles. The molecular formula is C66H46N2. The van der Waals surface area contributed by atoms with E-state index >= 15 is 0 Å². The summed E-state index contributed by atoms with van der Waals surface area (Å²) in [5.41, 5.74) is 21.0. The standard InChI is InChI=1S/C66H46N2/c1-5-22-47(23-6-1)55-32-13-14-34-60(55)65-57(49-26-9-3-10-27-49)36-20-37-58(65)50-42-44-53(45-43-50)67(62-39-17-15-33-56(62)48-24-7-2-8-25-48)54-31-19-28-51(46-54)59-38-21-41-64-66(59)61-35-16-18-40-63(61)68(64)52-29-11-4-12-30-52/h1-46H. The van der Waals surface area contributed by atoms with Gasteiger partial charge in [0.15, 0.2) is 0 Å². The summed E-state index contributed by atoms with van der Waals surface area (Å²) in [6.45, 7) is 0. The van der Waals surface area contributed by atoms with Gasteiger partial charge in [0.2, 0.25) is 0 Å². The zero-order valence-electron chi connectivity index (χ0n) is 37.5. The van der Waals surface area contributed by atoms with E-state index in [2.05, 4.69) is 289 Å². The monoisotopic (exact) mass is 866 g/mol. The van der Waals surface area contributed by atoms with Crippen LogP contribution in [0.4, 0.5) is 17.1 Å². The smallest absolute Gasteiger partial charge is 0.0547 e. The summed E-state index contributed by atoms with van der Waals surface area (Å²) in [5.74, 6) is 0. The Morgan fingerprint density at radius 3 is 1.41 bits per heavy atom. The molecule has 0 saturated heterocycles. The van der Waals surface area contributed by atoms with Gasteiger partial charge in [0.25, 0.3) is 0 Å². The average Bonchev–Trinajstić information content (AvgIpc) is 3.77. The molecule has 0 atom stereocenters. The van der Waals surface area contributed by atoms with Gasteiger partial charge in [-0.1, -0.05) is 224 Å². The normalized spacial score (nSPS) is 11.2. The Bertz CT molecular complexity index is 3710. The van der Waals surface area contributed by atoms with Gasteiger partial charge in [-0.3, -0.25) is 0 Å². The van der Waals surface area contributed by atoms with Crippen LogP contribution in [-0.2, 0) is 0 Å². The summed E-state index contributed by atoms with van der Waals surface area (Å²) < 4.78 is 2.39. The molecule has 12 aromatic rings. The summed E-state index contributed by atoms with van der Waals surface area (Å²) in [7, 11) is 0. The number of nitrogens with zero attached hydrogens (tertiary/aromatic N) is 2. The van der Waals surface area contributed by atoms with Crippen LogP contribution in [0, 0.1) is 0 Å². The number of para-hydroxylation sites is 3. The number of anilines is 3. The van der Waals surface area contributed by atoms with Crippen molar-refractivity contribution >= 4 is 38.9 Å². The quantitative estimate of drug-likeness (QED) is 0.133. The molecule has 1 aromatic heterocycles. The molecule has 0 unspecified atom stereocenters. The topological polar surface area (TPSA) is 8.17 Å². The van der Waals surface area contributed by atoms with Crippen molar-refractivity contribution in [2.75, 3.05) is 4.90 Å². The number of rotatable bonds is 10. The Labute approximate surface area is 397 Å². The SMILES string of the molecule is c1ccc(-c2ccccc2-c2c(-c3ccccc3)cccc2-c2ccc(N(c3cccc(-c4cccc5c4c4ccccc4n5-c4ccccc4)c3)c3ccccc3-c3ccccc3)cc2)cc1. The van der Waals surface area contributed by atoms with Crippen molar-refractivity contribution in [1.29, 1.82) is 0 Å². The molecule has 320 valence electrons. The molecule has 12 rings (SSSR count). The maximum atomic E-state index is 2.43. The van der Waals surface area contributed by atoms with E-state index in [1.54, 1.807) is 0 Å². The van der Waals surface area contributed by atoms with Crippen LogP contribution in [0.3, 0.4) is 0 Å². The first-order chi connectivity index (χ1) is 33.8. The first kappa shape index (κ1) is 40.5. The lowest BCUT2D eigenvalue weighted by atomic mass is 9.84. The summed E-state index contributed by atoms with van der Waals surface area (Å²) in [5, 5.41) is 2.48. The van der Waals surface area contributed by atoms with Gasteiger partial charge < -0.3 is 9.47 Å². The Morgan fingerprint density at radius 1 is 0.265 bits per heavy atom. The first-order valence-electron chi connectivity index (χ1n) is 23.3. The van der Waals surface area contributed by atoms with Gasteiger partial charge in [-0.15, -0.1) is 0 Å². The number of fused-ring (bicyclic) bond motifs is 3. The molecule has 68 heavy (non-hydrogen) atoms. The highest BCUT2D eigenvalue weighted by Crippen LogP contribution is 2.47. The van der Waals surface area contributed by atoms with Crippen molar-refractivity contribution in [1.82, 2.24) is 4.57 Å². The molecule has 0 aliphatic carbocycles. The number of hydrogen-bond donors (Lipinski definition) is 0. The summed E-state index contributed by atoms with van der Waals surface area (Å²) in [6, 6.07) is 101. The third-order valence-corrected chi connectivity index (χ3v) is 13.2. The second kappa shape index (κ2) is 17.8. The minimum absolute atomic E-state index is 1.07. The lowest BCUT2D eigenvalue weighted by Gasteiger charge is -2.28. The first-order valence-corrected chi connectivity index (χ1v) is 23.3. The van der Waals surface area contributed by atoms with Crippen LogP contribution in [0.2, 0.25) is 0 Å². The summed E-state index contributed by atoms with van der Waals surface area (Å²) in [4.78, 5) is 2.43. The number of benzene rings is 11. The predicted molar refractivity (Wildman–Crippen MR) is 288 cm³/mol. The second-order valence-corrected chi connectivity index (χ2v) is 17.2. The molecule has 0 N–H and O–H groups in total. The highest BCUT2D eigenvalue weighted by Gasteiger charge is 2.22. The van der Waals surface area contributed by atoms with Crippen molar-refractivity contribution in [2.24, 2.45) is 0 Å².